The summed E-state index contributed by atoms with van der Waals surface area (Å²) >= 11 is 7.75. The number of thioether (sulfide) groups is 1. The van der Waals surface area contributed by atoms with Crippen molar-refractivity contribution in [3.8, 4) is 0 Å². The molecule has 158 valence electrons. The first kappa shape index (κ1) is 23.6. The quantitative estimate of drug-likeness (QED) is 0.545. The minimum absolute atomic E-state index is 0.311. The van der Waals surface area contributed by atoms with Crippen LogP contribution in [0.25, 0.3) is 0 Å². The molecular weight excluding hydrogens is 428 g/mol. The van der Waals surface area contributed by atoms with Crippen molar-refractivity contribution in [3.05, 3.63) is 64.7 Å². The summed E-state index contributed by atoms with van der Waals surface area (Å²) in [6.07, 6.45) is 1.45. The smallest absolute Gasteiger partial charge is 0.243 e. The van der Waals surface area contributed by atoms with Gasteiger partial charge in [-0.2, -0.15) is 11.8 Å². The number of hydrogen-bond donors (Lipinski definition) is 1. The van der Waals surface area contributed by atoms with E-state index in [0.717, 1.165) is 22.1 Å². The van der Waals surface area contributed by atoms with Crippen molar-refractivity contribution in [2.24, 2.45) is 0 Å². The number of carbonyl (C=O) groups is 1. The van der Waals surface area contributed by atoms with Crippen LogP contribution >= 0.6 is 23.4 Å². The molecule has 0 aliphatic heterocycles. The third-order valence-corrected chi connectivity index (χ3v) is 6.88. The summed E-state index contributed by atoms with van der Waals surface area (Å²) in [4.78, 5) is 12.7. The predicted molar refractivity (Wildman–Crippen MR) is 123 cm³/mol. The minimum atomic E-state index is -3.66. The van der Waals surface area contributed by atoms with Gasteiger partial charge in [0.05, 0.1) is 11.9 Å². The first-order valence-corrected chi connectivity index (χ1v) is 12.8. The lowest BCUT2D eigenvalue weighted by Gasteiger charge is -2.30. The van der Waals surface area contributed by atoms with E-state index in [4.69, 9.17) is 11.6 Å². The maximum atomic E-state index is 12.7. The van der Waals surface area contributed by atoms with Gasteiger partial charge >= 0.3 is 0 Å². The van der Waals surface area contributed by atoms with Crippen LogP contribution in [-0.4, -0.2) is 38.9 Å². The first-order valence-electron chi connectivity index (χ1n) is 9.39. The SMILES string of the molecule is CC[C@@H](C(=O)NCCSCc1ccccc1C)N(c1cccc(Cl)c1)S(C)(=O)=O. The molecule has 0 bridgehead atoms. The molecule has 5 nitrogen and oxygen atoms in total. The van der Waals surface area contributed by atoms with Crippen LogP contribution in [-0.2, 0) is 20.6 Å². The highest BCUT2D eigenvalue weighted by atomic mass is 35.5. The number of carbonyl (C=O) groups excluding carboxylic acids is 1. The fourth-order valence-electron chi connectivity index (χ4n) is 2.99. The van der Waals surface area contributed by atoms with E-state index in [1.54, 1.807) is 43.0 Å². The van der Waals surface area contributed by atoms with Crippen molar-refractivity contribution in [3.63, 3.8) is 0 Å². The molecule has 29 heavy (non-hydrogen) atoms. The van der Waals surface area contributed by atoms with E-state index in [-0.39, 0.29) is 5.91 Å². The maximum absolute atomic E-state index is 12.7. The van der Waals surface area contributed by atoms with Crippen LogP contribution in [0, 0.1) is 6.92 Å². The summed E-state index contributed by atoms with van der Waals surface area (Å²) in [6, 6.07) is 13.9. The summed E-state index contributed by atoms with van der Waals surface area (Å²) in [6.45, 7) is 4.35. The van der Waals surface area contributed by atoms with Gasteiger partial charge in [0, 0.05) is 23.1 Å². The Morgan fingerprint density at radius 3 is 2.55 bits per heavy atom. The first-order chi connectivity index (χ1) is 13.7. The van der Waals surface area contributed by atoms with Gasteiger partial charge in [-0.1, -0.05) is 48.9 Å². The molecule has 0 fully saturated rings. The number of benzene rings is 2. The Labute approximate surface area is 182 Å². The van der Waals surface area contributed by atoms with Gasteiger partial charge in [0.2, 0.25) is 15.9 Å². The molecule has 2 aromatic rings. The number of aryl methyl sites for hydroxylation is 1. The molecule has 0 saturated heterocycles. The molecule has 2 rings (SSSR count). The van der Waals surface area contributed by atoms with Gasteiger partial charge < -0.3 is 5.32 Å². The Morgan fingerprint density at radius 1 is 1.21 bits per heavy atom. The molecule has 0 aromatic heterocycles. The monoisotopic (exact) mass is 454 g/mol. The second-order valence-electron chi connectivity index (χ2n) is 6.73. The van der Waals surface area contributed by atoms with Crippen LogP contribution in [0.1, 0.15) is 24.5 Å². The highest BCUT2D eigenvalue weighted by Crippen LogP contribution is 2.25. The zero-order chi connectivity index (χ0) is 21.4. The van der Waals surface area contributed by atoms with Gasteiger partial charge in [-0.3, -0.25) is 9.10 Å². The number of hydrogen-bond acceptors (Lipinski definition) is 4. The number of amides is 1. The third kappa shape index (κ3) is 6.94. The molecule has 0 heterocycles. The van der Waals surface area contributed by atoms with E-state index in [2.05, 4.69) is 24.4 Å². The molecule has 0 saturated carbocycles. The fourth-order valence-corrected chi connectivity index (χ4v) is 5.31. The summed E-state index contributed by atoms with van der Waals surface area (Å²) in [5.41, 5.74) is 2.91. The van der Waals surface area contributed by atoms with E-state index < -0.39 is 16.1 Å². The Kier molecular flexibility index (Phi) is 8.86. The topological polar surface area (TPSA) is 66.5 Å². The second kappa shape index (κ2) is 10.9. The molecule has 1 atom stereocenters. The van der Waals surface area contributed by atoms with E-state index in [1.807, 2.05) is 12.1 Å². The van der Waals surface area contributed by atoms with Crippen LogP contribution in [0.2, 0.25) is 5.02 Å². The molecule has 8 heteroatoms. The predicted octanol–water partition coefficient (Wildman–Crippen LogP) is 4.24. The van der Waals surface area contributed by atoms with Gasteiger partial charge in [-0.15, -0.1) is 0 Å². The van der Waals surface area contributed by atoms with Gasteiger partial charge in [0.25, 0.3) is 0 Å². The normalized spacial score (nSPS) is 12.4. The van der Waals surface area contributed by atoms with Gasteiger partial charge in [-0.05, 0) is 42.7 Å². The number of halogens is 1. The van der Waals surface area contributed by atoms with Crippen LogP contribution in [0.15, 0.2) is 48.5 Å². The Bertz CT molecular complexity index is 935. The van der Waals surface area contributed by atoms with E-state index in [9.17, 15) is 13.2 Å². The van der Waals surface area contributed by atoms with Crippen LogP contribution in [0.4, 0.5) is 5.69 Å². The zero-order valence-electron chi connectivity index (χ0n) is 16.9. The highest BCUT2D eigenvalue weighted by Gasteiger charge is 2.31. The molecule has 0 aliphatic rings. The number of nitrogens with one attached hydrogen (secondary N) is 1. The maximum Gasteiger partial charge on any atom is 0.243 e. The summed E-state index contributed by atoms with van der Waals surface area (Å²) in [7, 11) is -3.66. The van der Waals surface area contributed by atoms with Crippen LogP contribution < -0.4 is 9.62 Å². The van der Waals surface area contributed by atoms with Crippen molar-refractivity contribution in [2.75, 3.05) is 22.9 Å². The average Bonchev–Trinajstić information content (AvgIpc) is 2.65. The summed E-state index contributed by atoms with van der Waals surface area (Å²) in [5, 5.41) is 3.29. The van der Waals surface area contributed by atoms with Crippen molar-refractivity contribution in [1.82, 2.24) is 5.32 Å². The standard InChI is InChI=1S/C21H27ClN2O3S2/c1-4-20(24(29(3,26)27)19-11-7-10-18(22)14-19)21(25)23-12-13-28-15-17-9-6-5-8-16(17)2/h5-11,14,20H,4,12-13,15H2,1-3H3,(H,23,25)/t20-/m0/s1. The van der Waals surface area contributed by atoms with Gasteiger partial charge in [0.1, 0.15) is 6.04 Å². The lowest BCUT2D eigenvalue weighted by Crippen LogP contribution is -2.49. The largest absolute Gasteiger partial charge is 0.353 e. The van der Waals surface area contributed by atoms with Crippen molar-refractivity contribution >= 4 is 45.0 Å². The Morgan fingerprint density at radius 2 is 1.93 bits per heavy atom. The van der Waals surface area contributed by atoms with Gasteiger partial charge in [-0.25, -0.2) is 8.42 Å². The van der Waals surface area contributed by atoms with E-state index in [0.29, 0.717) is 23.7 Å². The fraction of sp³-hybridized carbons (Fsp3) is 0.381. The third-order valence-electron chi connectivity index (χ3n) is 4.46. The zero-order valence-corrected chi connectivity index (χ0v) is 19.3. The van der Waals surface area contributed by atoms with Gasteiger partial charge in [0.15, 0.2) is 0 Å². The van der Waals surface area contributed by atoms with Crippen LogP contribution in [0.5, 0.6) is 0 Å². The lowest BCUT2D eigenvalue weighted by atomic mass is 10.1. The molecule has 1 amide bonds. The minimum Gasteiger partial charge on any atom is -0.353 e. The summed E-state index contributed by atoms with van der Waals surface area (Å²) < 4.78 is 26.0. The Hall–Kier alpha value is -1.70. The van der Waals surface area contributed by atoms with Crippen molar-refractivity contribution in [1.29, 1.82) is 0 Å². The molecular formula is C21H27ClN2O3S2. The number of rotatable bonds is 10. The molecule has 0 aliphatic carbocycles. The second-order valence-corrected chi connectivity index (χ2v) is 10.1. The highest BCUT2D eigenvalue weighted by molar-refractivity contribution is 7.98. The van der Waals surface area contributed by atoms with Crippen molar-refractivity contribution < 1.29 is 13.2 Å². The molecule has 0 radical (unpaired) electrons. The van der Waals surface area contributed by atoms with E-state index >= 15 is 0 Å². The molecule has 2 aromatic carbocycles. The Balaban J connectivity index is 1.98. The lowest BCUT2D eigenvalue weighted by molar-refractivity contribution is -0.122. The molecule has 0 unspecified atom stereocenters. The van der Waals surface area contributed by atoms with Crippen molar-refractivity contribution in [2.45, 2.75) is 32.1 Å². The van der Waals surface area contributed by atoms with Crippen LogP contribution in [0.3, 0.4) is 0 Å². The van der Waals surface area contributed by atoms with E-state index in [1.165, 1.54) is 11.1 Å². The number of nitrogens with zero attached hydrogens (tertiary/aromatic N) is 1. The summed E-state index contributed by atoms with van der Waals surface area (Å²) in [5.74, 6) is 1.30. The average molecular weight is 455 g/mol. The number of sulfonamides is 1. The molecule has 0 spiro atoms. The number of anilines is 1. The molecule has 1 N–H and O–H groups in total.